The van der Waals surface area contributed by atoms with Gasteiger partial charge in [-0.1, -0.05) is 6.07 Å². The maximum absolute atomic E-state index is 13.2. The number of carbonyl (C=O) groups excluding carboxylic acids is 1. The number of nitrogens with zero attached hydrogens (tertiary/aromatic N) is 3. The van der Waals surface area contributed by atoms with E-state index < -0.39 is 28.0 Å². The van der Waals surface area contributed by atoms with E-state index in [1.165, 1.54) is 12.1 Å². The molecule has 0 radical (unpaired) electrons. The molecule has 2 aromatic rings. The molecule has 1 fully saturated rings. The number of piperazine rings is 1. The zero-order valence-corrected chi connectivity index (χ0v) is 18.0. The van der Waals surface area contributed by atoms with Crippen LogP contribution in [0.4, 0.5) is 0 Å². The first-order valence-electron chi connectivity index (χ1n) is 9.55. The molecule has 1 aromatic heterocycles. The number of nitrogens with one attached hydrogen (secondary N) is 1. The third-order valence-corrected chi connectivity index (χ3v) is 7.35. The van der Waals surface area contributed by atoms with Crippen LogP contribution in [-0.4, -0.2) is 65.9 Å². The summed E-state index contributed by atoms with van der Waals surface area (Å²) < 4.78 is 33.3. The van der Waals surface area contributed by atoms with Crippen LogP contribution in [0.3, 0.4) is 0 Å². The molecule has 9 nitrogen and oxygen atoms in total. The molecule has 1 amide bonds. The second-order valence-electron chi connectivity index (χ2n) is 7.27. The van der Waals surface area contributed by atoms with Crippen molar-refractivity contribution in [2.45, 2.75) is 37.4 Å². The van der Waals surface area contributed by atoms with Crippen molar-refractivity contribution >= 4 is 15.9 Å². The standard InChI is InChI=1S/C20H26N4O5S/c1-14-16(5-4-10-21-14)13-29-17-6-8-18(9-7-17)30(27,28)24-12-11-23(3)15(2)19(24)20(25)22-26/h4-10,15,19,26H,11-13H2,1-3H3,(H,22,25). The average Bonchev–Trinajstić information content (AvgIpc) is 2.74. The number of sulfonamides is 1. The van der Waals surface area contributed by atoms with Crippen LogP contribution in [0.15, 0.2) is 47.5 Å². The number of hydroxylamine groups is 1. The summed E-state index contributed by atoms with van der Waals surface area (Å²) in [6.07, 6.45) is 1.71. The minimum Gasteiger partial charge on any atom is -0.489 e. The quantitative estimate of drug-likeness (QED) is 0.518. The van der Waals surface area contributed by atoms with Gasteiger partial charge < -0.3 is 9.64 Å². The first kappa shape index (κ1) is 22.2. The number of aromatic nitrogens is 1. The largest absolute Gasteiger partial charge is 0.489 e. The van der Waals surface area contributed by atoms with E-state index >= 15 is 0 Å². The van der Waals surface area contributed by atoms with Crippen LogP contribution in [-0.2, 0) is 21.4 Å². The number of aryl methyl sites for hydroxylation is 1. The second kappa shape index (κ2) is 9.09. The van der Waals surface area contributed by atoms with E-state index in [0.717, 1.165) is 15.6 Å². The first-order chi connectivity index (χ1) is 14.3. The Morgan fingerprint density at radius 1 is 1.27 bits per heavy atom. The Morgan fingerprint density at radius 2 is 1.97 bits per heavy atom. The van der Waals surface area contributed by atoms with Gasteiger partial charge in [0.25, 0.3) is 5.91 Å². The number of likely N-dealkylation sites (N-methyl/N-ethyl adjacent to an activating group) is 1. The summed E-state index contributed by atoms with van der Waals surface area (Å²) in [5, 5.41) is 9.09. The fraction of sp³-hybridized carbons (Fsp3) is 0.400. The Balaban J connectivity index is 1.78. The molecule has 1 aliphatic rings. The van der Waals surface area contributed by atoms with Crippen LogP contribution in [0.1, 0.15) is 18.2 Å². The highest BCUT2D eigenvalue weighted by atomic mass is 32.2. The van der Waals surface area contributed by atoms with E-state index in [2.05, 4.69) is 4.98 Å². The van der Waals surface area contributed by atoms with E-state index in [-0.39, 0.29) is 11.4 Å². The van der Waals surface area contributed by atoms with E-state index in [1.807, 2.05) is 31.0 Å². The summed E-state index contributed by atoms with van der Waals surface area (Å²) in [6, 6.07) is 8.39. The van der Waals surface area contributed by atoms with Gasteiger partial charge in [0.15, 0.2) is 0 Å². The molecule has 0 spiro atoms. The van der Waals surface area contributed by atoms with Crippen molar-refractivity contribution in [3.63, 3.8) is 0 Å². The molecule has 2 unspecified atom stereocenters. The maximum Gasteiger partial charge on any atom is 0.263 e. The van der Waals surface area contributed by atoms with Crippen molar-refractivity contribution in [3.8, 4) is 5.75 Å². The Bertz CT molecular complexity index is 997. The van der Waals surface area contributed by atoms with Crippen LogP contribution in [0.25, 0.3) is 0 Å². The predicted molar refractivity (Wildman–Crippen MR) is 109 cm³/mol. The zero-order chi connectivity index (χ0) is 21.9. The van der Waals surface area contributed by atoms with Crippen molar-refractivity contribution < 1.29 is 23.2 Å². The molecule has 0 bridgehead atoms. The highest BCUT2D eigenvalue weighted by molar-refractivity contribution is 7.89. The van der Waals surface area contributed by atoms with E-state index in [9.17, 15) is 13.2 Å². The maximum atomic E-state index is 13.2. The highest BCUT2D eigenvalue weighted by Crippen LogP contribution is 2.26. The van der Waals surface area contributed by atoms with Crippen molar-refractivity contribution in [3.05, 3.63) is 53.9 Å². The van der Waals surface area contributed by atoms with Gasteiger partial charge in [-0.15, -0.1) is 0 Å². The number of carbonyl (C=O) groups is 1. The Labute approximate surface area is 176 Å². The lowest BCUT2D eigenvalue weighted by Crippen LogP contribution is -2.63. The normalized spacial score (nSPS) is 20.7. The lowest BCUT2D eigenvalue weighted by Gasteiger charge is -2.42. The Kier molecular flexibility index (Phi) is 6.71. The molecule has 10 heteroatoms. The van der Waals surface area contributed by atoms with E-state index in [0.29, 0.717) is 18.9 Å². The number of ether oxygens (including phenoxy) is 1. The monoisotopic (exact) mass is 434 g/mol. The second-order valence-corrected chi connectivity index (χ2v) is 9.16. The topological polar surface area (TPSA) is 112 Å². The molecule has 1 aromatic carbocycles. The van der Waals surface area contributed by atoms with Crippen LogP contribution in [0.5, 0.6) is 5.75 Å². The molecular formula is C20H26N4O5S. The number of hydrogen-bond donors (Lipinski definition) is 2. The first-order valence-corrected chi connectivity index (χ1v) is 11.0. The number of pyridine rings is 1. The van der Waals surface area contributed by atoms with Crippen molar-refractivity contribution in [2.24, 2.45) is 0 Å². The lowest BCUT2D eigenvalue weighted by molar-refractivity contribution is -0.136. The molecule has 1 aliphatic heterocycles. The SMILES string of the molecule is Cc1ncccc1COc1ccc(S(=O)(=O)N2CCN(C)C(C)C2C(=O)NO)cc1. The van der Waals surface area contributed by atoms with Crippen LogP contribution >= 0.6 is 0 Å². The summed E-state index contributed by atoms with van der Waals surface area (Å²) in [5.41, 5.74) is 3.40. The zero-order valence-electron chi connectivity index (χ0n) is 17.1. The highest BCUT2D eigenvalue weighted by Gasteiger charge is 2.43. The van der Waals surface area contributed by atoms with Gasteiger partial charge in [0, 0.05) is 36.6 Å². The molecule has 162 valence electrons. The third kappa shape index (κ3) is 4.46. The van der Waals surface area contributed by atoms with Gasteiger partial charge in [0.1, 0.15) is 18.4 Å². The molecule has 0 aliphatic carbocycles. The fourth-order valence-electron chi connectivity index (χ4n) is 3.44. The number of rotatable bonds is 6. The Hall–Kier alpha value is -2.53. The molecule has 2 N–H and O–H groups in total. The minimum atomic E-state index is -3.94. The average molecular weight is 435 g/mol. The molecule has 2 atom stereocenters. The van der Waals surface area contributed by atoms with Gasteiger partial charge in [-0.25, -0.2) is 13.9 Å². The van der Waals surface area contributed by atoms with Gasteiger partial charge >= 0.3 is 0 Å². The van der Waals surface area contributed by atoms with Crippen LogP contribution < -0.4 is 10.2 Å². The molecule has 30 heavy (non-hydrogen) atoms. The third-order valence-electron chi connectivity index (χ3n) is 5.46. The molecule has 2 heterocycles. The van der Waals surface area contributed by atoms with Crippen LogP contribution in [0, 0.1) is 6.92 Å². The number of benzene rings is 1. The minimum absolute atomic E-state index is 0.0555. The van der Waals surface area contributed by atoms with Crippen molar-refractivity contribution in [1.29, 1.82) is 0 Å². The van der Waals surface area contributed by atoms with Gasteiger partial charge in [-0.3, -0.25) is 15.0 Å². The van der Waals surface area contributed by atoms with Gasteiger partial charge in [0.05, 0.1) is 4.90 Å². The van der Waals surface area contributed by atoms with Crippen molar-refractivity contribution in [2.75, 3.05) is 20.1 Å². The molecular weight excluding hydrogens is 408 g/mol. The lowest BCUT2D eigenvalue weighted by atomic mass is 10.1. The molecule has 1 saturated heterocycles. The van der Waals surface area contributed by atoms with Gasteiger partial charge in [-0.2, -0.15) is 4.31 Å². The summed E-state index contributed by atoms with van der Waals surface area (Å²) >= 11 is 0. The van der Waals surface area contributed by atoms with Crippen LogP contribution in [0.2, 0.25) is 0 Å². The number of hydrogen-bond acceptors (Lipinski definition) is 7. The Morgan fingerprint density at radius 3 is 2.60 bits per heavy atom. The summed E-state index contributed by atoms with van der Waals surface area (Å²) in [6.45, 7) is 4.57. The summed E-state index contributed by atoms with van der Waals surface area (Å²) in [4.78, 5) is 18.3. The predicted octanol–water partition coefficient (Wildman–Crippen LogP) is 1.17. The summed E-state index contributed by atoms with van der Waals surface area (Å²) in [5.74, 6) is -0.238. The van der Waals surface area contributed by atoms with E-state index in [1.54, 1.807) is 30.7 Å². The van der Waals surface area contributed by atoms with Crippen molar-refractivity contribution in [1.82, 2.24) is 19.7 Å². The van der Waals surface area contributed by atoms with Gasteiger partial charge in [-0.05, 0) is 51.2 Å². The summed E-state index contributed by atoms with van der Waals surface area (Å²) in [7, 11) is -2.14. The van der Waals surface area contributed by atoms with Gasteiger partial charge in [0.2, 0.25) is 10.0 Å². The fourth-order valence-corrected chi connectivity index (χ4v) is 5.08. The molecule has 3 rings (SSSR count). The molecule has 0 saturated carbocycles. The van der Waals surface area contributed by atoms with E-state index in [4.69, 9.17) is 9.94 Å². The number of amides is 1. The smallest absolute Gasteiger partial charge is 0.263 e.